The summed E-state index contributed by atoms with van der Waals surface area (Å²) in [5.74, 6) is -0.596. The minimum Gasteiger partial charge on any atom is -0.326 e. The lowest BCUT2D eigenvalue weighted by Gasteiger charge is -2.23. The second-order valence-electron chi connectivity index (χ2n) is 4.38. The van der Waals surface area contributed by atoms with E-state index in [2.05, 4.69) is 0 Å². The number of halogens is 1. The molecule has 1 fully saturated rings. The van der Waals surface area contributed by atoms with Gasteiger partial charge in [-0.15, -0.1) is 0 Å². The van der Waals surface area contributed by atoms with Crippen LogP contribution in [0.4, 0.5) is 10.1 Å². The summed E-state index contributed by atoms with van der Waals surface area (Å²) in [4.78, 5) is 12.1. The molecule has 1 aliphatic heterocycles. The van der Waals surface area contributed by atoms with Crippen LogP contribution in [0.25, 0.3) is 0 Å². The van der Waals surface area contributed by atoms with Crippen LogP contribution in [-0.2, 0) is 0 Å². The Hall–Kier alpha value is -1.53. The molecule has 5 nitrogen and oxygen atoms in total. The molecule has 1 aliphatic rings. The number of nitrogens with zero attached hydrogens (tertiary/aromatic N) is 2. The van der Waals surface area contributed by atoms with Gasteiger partial charge in [-0.1, -0.05) is 0 Å². The highest BCUT2D eigenvalue weighted by atomic mass is 19.1. The monoisotopic (exact) mass is 239 g/mol. The summed E-state index contributed by atoms with van der Waals surface area (Å²) in [5, 5.41) is 10.7. The van der Waals surface area contributed by atoms with E-state index in [0.717, 1.165) is 19.0 Å². The normalized spacial score (nSPS) is 25.1. The molecule has 6 heteroatoms. The van der Waals surface area contributed by atoms with Gasteiger partial charge in [0.1, 0.15) is 5.82 Å². The number of nitro benzene ring substituents is 1. The third-order valence-corrected chi connectivity index (χ3v) is 3.15. The number of hydrogen-bond donors (Lipinski definition) is 1. The Balaban J connectivity index is 2.41. The zero-order chi connectivity index (χ0) is 12.6. The molecule has 1 saturated heterocycles. The fourth-order valence-electron chi connectivity index (χ4n) is 2.35. The molecule has 0 saturated carbocycles. The molecule has 1 aromatic rings. The van der Waals surface area contributed by atoms with Crippen LogP contribution in [0.3, 0.4) is 0 Å². The van der Waals surface area contributed by atoms with E-state index in [-0.39, 0.29) is 17.8 Å². The van der Waals surface area contributed by atoms with Gasteiger partial charge in [0.25, 0.3) is 5.69 Å². The van der Waals surface area contributed by atoms with Gasteiger partial charge in [0.15, 0.2) is 0 Å². The van der Waals surface area contributed by atoms with Gasteiger partial charge in [0.2, 0.25) is 0 Å². The molecule has 0 radical (unpaired) electrons. The average molecular weight is 239 g/mol. The number of likely N-dealkylation sites (N-methyl/N-ethyl adjacent to an activating group) is 1. The standard InChI is InChI=1S/C11H14FN3O2/c1-14-3-2-10(13)11(14)7-4-8(12)6-9(5-7)15(16)17/h4-6,10-11H,2-3,13H2,1H3. The predicted molar refractivity (Wildman–Crippen MR) is 61.0 cm³/mol. The molecule has 0 amide bonds. The number of likely N-dealkylation sites (tertiary alicyclic amines) is 1. The minimum absolute atomic E-state index is 0.110. The van der Waals surface area contributed by atoms with Crippen LogP contribution in [-0.4, -0.2) is 29.5 Å². The second kappa shape index (κ2) is 4.38. The first kappa shape index (κ1) is 11.9. The Morgan fingerprint density at radius 3 is 2.76 bits per heavy atom. The van der Waals surface area contributed by atoms with Gasteiger partial charge >= 0.3 is 0 Å². The van der Waals surface area contributed by atoms with Crippen molar-refractivity contribution in [1.29, 1.82) is 0 Å². The summed E-state index contributed by atoms with van der Waals surface area (Å²) in [5.41, 5.74) is 6.29. The Labute approximate surface area is 98.2 Å². The lowest BCUT2D eigenvalue weighted by Crippen LogP contribution is -2.29. The molecule has 1 aromatic carbocycles. The highest BCUT2D eigenvalue weighted by Crippen LogP contribution is 2.32. The number of benzene rings is 1. The number of nitrogens with two attached hydrogens (primary N) is 1. The van der Waals surface area contributed by atoms with Crippen molar-refractivity contribution in [1.82, 2.24) is 4.90 Å². The van der Waals surface area contributed by atoms with Gasteiger partial charge in [0.05, 0.1) is 11.0 Å². The largest absolute Gasteiger partial charge is 0.326 e. The van der Waals surface area contributed by atoms with E-state index in [4.69, 9.17) is 5.73 Å². The van der Waals surface area contributed by atoms with Gasteiger partial charge in [-0.05, 0) is 25.1 Å². The van der Waals surface area contributed by atoms with Crippen molar-refractivity contribution in [3.8, 4) is 0 Å². The van der Waals surface area contributed by atoms with Crippen molar-refractivity contribution in [3.63, 3.8) is 0 Å². The molecule has 2 unspecified atom stereocenters. The Morgan fingerprint density at radius 1 is 1.53 bits per heavy atom. The molecule has 2 rings (SSSR count). The van der Waals surface area contributed by atoms with Gasteiger partial charge < -0.3 is 5.73 Å². The van der Waals surface area contributed by atoms with E-state index in [9.17, 15) is 14.5 Å². The molecular formula is C11H14FN3O2. The first-order chi connectivity index (χ1) is 7.99. The Kier molecular flexibility index (Phi) is 3.08. The zero-order valence-electron chi connectivity index (χ0n) is 9.47. The van der Waals surface area contributed by atoms with E-state index in [0.29, 0.717) is 5.56 Å². The first-order valence-corrected chi connectivity index (χ1v) is 5.40. The second-order valence-corrected chi connectivity index (χ2v) is 4.38. The highest BCUT2D eigenvalue weighted by Gasteiger charge is 2.31. The zero-order valence-corrected chi connectivity index (χ0v) is 9.47. The molecule has 0 spiro atoms. The summed E-state index contributed by atoms with van der Waals surface area (Å²) >= 11 is 0. The summed E-state index contributed by atoms with van der Waals surface area (Å²) < 4.78 is 13.3. The van der Waals surface area contributed by atoms with Gasteiger partial charge in [-0.25, -0.2) is 4.39 Å². The van der Waals surface area contributed by atoms with E-state index in [1.54, 1.807) is 0 Å². The maximum atomic E-state index is 13.3. The third kappa shape index (κ3) is 2.27. The maximum Gasteiger partial charge on any atom is 0.272 e. The van der Waals surface area contributed by atoms with Crippen molar-refractivity contribution < 1.29 is 9.31 Å². The van der Waals surface area contributed by atoms with Crippen LogP contribution in [0, 0.1) is 15.9 Å². The van der Waals surface area contributed by atoms with Gasteiger partial charge in [-0.2, -0.15) is 0 Å². The molecular weight excluding hydrogens is 225 g/mol. The van der Waals surface area contributed by atoms with Crippen molar-refractivity contribution in [2.75, 3.05) is 13.6 Å². The van der Waals surface area contributed by atoms with Crippen LogP contribution < -0.4 is 5.73 Å². The molecule has 92 valence electrons. The van der Waals surface area contributed by atoms with Crippen LogP contribution in [0.15, 0.2) is 18.2 Å². The van der Waals surface area contributed by atoms with Crippen LogP contribution in [0.1, 0.15) is 18.0 Å². The average Bonchev–Trinajstić information content (AvgIpc) is 2.57. The Bertz CT molecular complexity index is 442. The van der Waals surface area contributed by atoms with E-state index in [1.165, 1.54) is 12.1 Å². The highest BCUT2D eigenvalue weighted by molar-refractivity contribution is 5.37. The molecule has 2 atom stereocenters. The van der Waals surface area contributed by atoms with E-state index in [1.807, 2.05) is 11.9 Å². The number of nitro groups is 1. The van der Waals surface area contributed by atoms with Crippen molar-refractivity contribution in [2.45, 2.75) is 18.5 Å². The lowest BCUT2D eigenvalue weighted by molar-refractivity contribution is -0.385. The van der Waals surface area contributed by atoms with Crippen LogP contribution in [0.5, 0.6) is 0 Å². The molecule has 0 bridgehead atoms. The van der Waals surface area contributed by atoms with Crippen LogP contribution in [0.2, 0.25) is 0 Å². The third-order valence-electron chi connectivity index (χ3n) is 3.15. The fraction of sp³-hybridized carbons (Fsp3) is 0.455. The molecule has 2 N–H and O–H groups in total. The van der Waals surface area contributed by atoms with Crippen molar-refractivity contribution in [2.24, 2.45) is 5.73 Å². The summed E-state index contributed by atoms with van der Waals surface area (Å²) in [6, 6.07) is 3.38. The number of rotatable bonds is 2. The van der Waals surface area contributed by atoms with E-state index >= 15 is 0 Å². The van der Waals surface area contributed by atoms with Crippen molar-refractivity contribution >= 4 is 5.69 Å². The van der Waals surface area contributed by atoms with Gasteiger partial charge in [0, 0.05) is 24.7 Å². The molecule has 1 heterocycles. The maximum absolute atomic E-state index is 13.3. The van der Waals surface area contributed by atoms with E-state index < -0.39 is 10.7 Å². The summed E-state index contributed by atoms with van der Waals surface area (Å²) in [6.45, 7) is 0.816. The molecule has 0 aromatic heterocycles. The minimum atomic E-state index is -0.596. The topological polar surface area (TPSA) is 72.4 Å². The Morgan fingerprint density at radius 2 is 2.24 bits per heavy atom. The quantitative estimate of drug-likeness (QED) is 0.626. The SMILES string of the molecule is CN1CCC(N)C1c1cc(F)cc([N+](=O)[O-])c1. The first-order valence-electron chi connectivity index (χ1n) is 5.40. The lowest BCUT2D eigenvalue weighted by atomic mass is 10.0. The molecule has 17 heavy (non-hydrogen) atoms. The number of non-ortho nitro benzene ring substituents is 1. The fourth-order valence-corrected chi connectivity index (χ4v) is 2.35. The van der Waals surface area contributed by atoms with Gasteiger partial charge in [-0.3, -0.25) is 15.0 Å². The van der Waals surface area contributed by atoms with Crippen molar-refractivity contribution in [3.05, 3.63) is 39.7 Å². The smallest absolute Gasteiger partial charge is 0.272 e. The molecule has 0 aliphatic carbocycles. The predicted octanol–water partition coefficient (Wildman–Crippen LogP) is 1.44. The van der Waals surface area contributed by atoms with Crippen LogP contribution >= 0.6 is 0 Å². The number of hydrogen-bond acceptors (Lipinski definition) is 4. The summed E-state index contributed by atoms with van der Waals surface area (Å²) in [7, 11) is 1.88. The summed E-state index contributed by atoms with van der Waals surface area (Å²) in [6.07, 6.45) is 0.811.